The number of guanidine groups is 1. The number of nitrogens with one attached hydrogen (secondary N) is 3. The third-order valence-corrected chi connectivity index (χ3v) is 3.23. The zero-order valence-electron chi connectivity index (χ0n) is 12.7. The lowest BCUT2D eigenvalue weighted by molar-refractivity contribution is 0.474. The quantitative estimate of drug-likeness (QED) is 0.313. The van der Waals surface area contributed by atoms with Crippen molar-refractivity contribution in [1.29, 1.82) is 5.41 Å². The number of phenolic OH excluding ortho intramolecular Hbond substituents is 1. The van der Waals surface area contributed by atoms with Gasteiger partial charge < -0.3 is 15.5 Å². The van der Waals surface area contributed by atoms with Gasteiger partial charge >= 0.3 is 0 Å². The van der Waals surface area contributed by atoms with Crippen LogP contribution in [0.5, 0.6) is 11.5 Å². The minimum atomic E-state index is -0.105. The van der Waals surface area contributed by atoms with Crippen LogP contribution in [0.3, 0.4) is 0 Å². The van der Waals surface area contributed by atoms with Crippen molar-refractivity contribution >= 4 is 41.6 Å². The summed E-state index contributed by atoms with van der Waals surface area (Å²) in [6.45, 7) is 0.0928. The molecule has 0 atom stereocenters. The van der Waals surface area contributed by atoms with Crippen molar-refractivity contribution in [2.45, 2.75) is 0 Å². The monoisotopic (exact) mass is 377 g/mol. The molecule has 0 fully saturated rings. The highest BCUT2D eigenvalue weighted by Gasteiger charge is 1.99. The Bertz CT molecular complexity index is 824. The number of hydrogen-bond donors (Lipinski definition) is 5. The summed E-state index contributed by atoms with van der Waals surface area (Å²) >= 11 is 11.4. The molecule has 0 aliphatic heterocycles. The molecule has 2 aromatic rings. The average Bonchev–Trinajstić information content (AvgIpc) is 2.55. The van der Waals surface area contributed by atoms with E-state index in [-0.39, 0.29) is 34.7 Å². The Labute approximate surface area is 154 Å². The van der Waals surface area contributed by atoms with E-state index in [9.17, 15) is 10.2 Å². The number of hydrogen-bond acceptors (Lipinski definition) is 5. The topological polar surface area (TPSA) is 113 Å². The highest BCUT2D eigenvalue weighted by molar-refractivity contribution is 6.31. The van der Waals surface area contributed by atoms with Crippen LogP contribution in [0.2, 0.25) is 10.0 Å². The fourth-order valence-corrected chi connectivity index (χ4v) is 1.94. The lowest BCUT2D eigenvalue weighted by Crippen LogP contribution is -2.33. The third-order valence-electron chi connectivity index (χ3n) is 2.80. The van der Waals surface area contributed by atoms with E-state index in [0.29, 0.717) is 10.6 Å². The lowest BCUT2D eigenvalue weighted by atomic mass is 10.2. The molecular formula is C16H13Cl2N5O2. The molecule has 25 heavy (non-hydrogen) atoms. The van der Waals surface area contributed by atoms with Crippen molar-refractivity contribution in [2.24, 2.45) is 10.1 Å². The Hall–Kier alpha value is -2.95. The lowest BCUT2D eigenvalue weighted by Gasteiger charge is -2.04. The van der Waals surface area contributed by atoms with E-state index >= 15 is 0 Å². The smallest absolute Gasteiger partial charge is 0.210 e. The van der Waals surface area contributed by atoms with Gasteiger partial charge in [-0.05, 0) is 24.3 Å². The van der Waals surface area contributed by atoms with Gasteiger partial charge in [0.15, 0.2) is 0 Å². The van der Waals surface area contributed by atoms with E-state index < -0.39 is 0 Å². The first-order valence-corrected chi connectivity index (χ1v) is 7.63. The first-order valence-electron chi connectivity index (χ1n) is 6.88. The minimum Gasteiger partial charge on any atom is -0.507 e. The van der Waals surface area contributed by atoms with Crippen molar-refractivity contribution < 1.29 is 10.2 Å². The second-order valence-corrected chi connectivity index (χ2v) is 5.48. The van der Waals surface area contributed by atoms with Crippen LogP contribution in [0.4, 0.5) is 0 Å². The Balaban J connectivity index is 1.78. The molecule has 0 radical (unpaired) electrons. The van der Waals surface area contributed by atoms with Crippen molar-refractivity contribution in [3.05, 3.63) is 57.6 Å². The predicted molar refractivity (Wildman–Crippen MR) is 98.0 cm³/mol. The van der Waals surface area contributed by atoms with Gasteiger partial charge in [0.25, 0.3) is 0 Å². The van der Waals surface area contributed by atoms with Gasteiger partial charge in [-0.2, -0.15) is 5.10 Å². The SMILES string of the molecule is N=C(NC/N=C/c1ccc(Cl)cc1O)N/N=C/c1c#cc(Cl)cc1O. The van der Waals surface area contributed by atoms with E-state index in [1.807, 2.05) is 0 Å². The molecule has 0 bridgehead atoms. The zero-order chi connectivity index (χ0) is 18.2. The molecule has 0 unspecified atom stereocenters. The molecule has 9 heteroatoms. The molecule has 0 aliphatic carbocycles. The molecule has 0 aromatic heterocycles. The van der Waals surface area contributed by atoms with Crippen LogP contribution >= 0.6 is 23.2 Å². The second-order valence-electron chi connectivity index (χ2n) is 4.64. The van der Waals surface area contributed by atoms with Crippen molar-refractivity contribution in [2.75, 3.05) is 6.67 Å². The van der Waals surface area contributed by atoms with Crippen LogP contribution in [0.25, 0.3) is 0 Å². The van der Waals surface area contributed by atoms with Crippen LogP contribution in [-0.2, 0) is 0 Å². The normalized spacial score (nSPS) is 10.8. The highest BCUT2D eigenvalue weighted by Crippen LogP contribution is 2.20. The van der Waals surface area contributed by atoms with Gasteiger partial charge in [-0.15, -0.1) is 0 Å². The first kappa shape index (κ1) is 18.4. The minimum absolute atomic E-state index is 0.0184. The molecule has 0 heterocycles. The molecule has 2 rings (SSSR count). The molecule has 128 valence electrons. The average molecular weight is 378 g/mol. The molecule has 0 saturated carbocycles. The van der Waals surface area contributed by atoms with E-state index in [4.69, 9.17) is 28.6 Å². The molecule has 0 spiro atoms. The Morgan fingerprint density at radius 1 is 1.16 bits per heavy atom. The summed E-state index contributed by atoms with van der Waals surface area (Å²) in [5.74, 6) is -0.183. The summed E-state index contributed by atoms with van der Waals surface area (Å²) in [6, 6.07) is 11.2. The third kappa shape index (κ3) is 5.88. The summed E-state index contributed by atoms with van der Waals surface area (Å²) in [7, 11) is 0. The van der Waals surface area contributed by atoms with Crippen LogP contribution in [-0.4, -0.2) is 35.3 Å². The number of phenols is 1. The van der Waals surface area contributed by atoms with Gasteiger partial charge in [-0.1, -0.05) is 29.3 Å². The second kappa shape index (κ2) is 8.78. The maximum Gasteiger partial charge on any atom is 0.210 e. The van der Waals surface area contributed by atoms with Gasteiger partial charge in [-0.3, -0.25) is 10.4 Å². The molecule has 0 amide bonds. The molecule has 0 saturated heterocycles. The maximum absolute atomic E-state index is 9.66. The van der Waals surface area contributed by atoms with Crippen molar-refractivity contribution in [1.82, 2.24) is 10.7 Å². The highest BCUT2D eigenvalue weighted by atomic mass is 35.5. The van der Waals surface area contributed by atoms with Crippen LogP contribution in [0, 0.1) is 17.5 Å². The van der Waals surface area contributed by atoms with Crippen LogP contribution in [0.1, 0.15) is 11.1 Å². The summed E-state index contributed by atoms with van der Waals surface area (Å²) in [5.41, 5.74) is 3.20. The Morgan fingerprint density at radius 3 is 2.68 bits per heavy atom. The Morgan fingerprint density at radius 2 is 1.96 bits per heavy atom. The van der Waals surface area contributed by atoms with Crippen molar-refractivity contribution in [3.63, 3.8) is 0 Å². The maximum atomic E-state index is 9.66. The fourth-order valence-electron chi connectivity index (χ4n) is 1.62. The summed E-state index contributed by atoms with van der Waals surface area (Å²) in [5, 5.41) is 34.0. The largest absolute Gasteiger partial charge is 0.507 e. The molecule has 7 nitrogen and oxygen atoms in total. The van der Waals surface area contributed by atoms with Gasteiger partial charge in [0, 0.05) is 22.9 Å². The first-order chi connectivity index (χ1) is 12.0. The number of halogens is 2. The predicted octanol–water partition coefficient (Wildman–Crippen LogP) is 2.53. The van der Waals surface area contributed by atoms with E-state index in [0.717, 1.165) is 0 Å². The molecule has 2 aromatic carbocycles. The standard InChI is InChI=1S/C16H13Cl2N5O2/c17-12-3-1-10(14(24)5-12)7-20-9-21-16(19)23-22-8-11-2-4-13(18)6-15(11)25/h1,3,5-8,24-25H,9H2,(H3,19,21,23)/b20-7+,22-8+. The van der Waals surface area contributed by atoms with Crippen LogP contribution < -0.4 is 10.7 Å². The summed E-state index contributed by atoms with van der Waals surface area (Å²) in [6.07, 6.45) is 2.72. The van der Waals surface area contributed by atoms with E-state index in [2.05, 4.69) is 33.0 Å². The van der Waals surface area contributed by atoms with Gasteiger partial charge in [0.2, 0.25) is 5.96 Å². The van der Waals surface area contributed by atoms with E-state index in [1.54, 1.807) is 12.1 Å². The van der Waals surface area contributed by atoms with Gasteiger partial charge in [-0.25, -0.2) is 5.43 Å². The zero-order valence-corrected chi connectivity index (χ0v) is 14.2. The number of benzene rings is 1. The van der Waals surface area contributed by atoms with Gasteiger partial charge in [0.1, 0.15) is 18.2 Å². The number of nitrogens with zero attached hydrogens (tertiary/aromatic N) is 2. The van der Waals surface area contributed by atoms with Crippen LogP contribution in [0.15, 0.2) is 34.4 Å². The summed E-state index contributed by atoms with van der Waals surface area (Å²) < 4.78 is 0. The Kier molecular flexibility index (Phi) is 6.46. The van der Waals surface area contributed by atoms with E-state index in [1.165, 1.54) is 24.6 Å². The molecule has 5 N–H and O–H groups in total. The fraction of sp³-hybridized carbons (Fsp3) is 0.0625. The van der Waals surface area contributed by atoms with Gasteiger partial charge in [0.05, 0.1) is 16.8 Å². The number of hydrazone groups is 1. The molecular weight excluding hydrogens is 365 g/mol. The summed E-state index contributed by atoms with van der Waals surface area (Å²) in [4.78, 5) is 4.02. The number of aliphatic imine (C=N–C) groups is 1. The number of aromatic hydroxyl groups is 2. The molecule has 0 aliphatic rings. The van der Waals surface area contributed by atoms with Crippen molar-refractivity contribution in [3.8, 4) is 11.5 Å². The number of rotatable bonds is 5.